The summed E-state index contributed by atoms with van der Waals surface area (Å²) in [6.07, 6.45) is 4.66. The van der Waals surface area contributed by atoms with E-state index in [0.717, 1.165) is 32.1 Å². The summed E-state index contributed by atoms with van der Waals surface area (Å²) in [6, 6.07) is 0.410. The fraction of sp³-hybridized carbons (Fsp3) is 0.929. The molecule has 0 aromatic heterocycles. The van der Waals surface area contributed by atoms with Crippen molar-refractivity contribution in [2.75, 3.05) is 13.2 Å². The summed E-state index contributed by atoms with van der Waals surface area (Å²) in [6.45, 7) is 6.59. The van der Waals surface area contributed by atoms with Crippen LogP contribution < -0.4 is 5.32 Å². The van der Waals surface area contributed by atoms with Gasteiger partial charge in [0.05, 0.1) is 19.1 Å². The summed E-state index contributed by atoms with van der Waals surface area (Å²) in [7, 11) is 0. The number of ether oxygens (including phenoxy) is 1. The molecule has 1 fully saturated rings. The van der Waals surface area contributed by atoms with Crippen LogP contribution >= 0.6 is 0 Å². The third-order valence-electron chi connectivity index (χ3n) is 4.03. The summed E-state index contributed by atoms with van der Waals surface area (Å²) in [5, 5.41) is 12.9. The van der Waals surface area contributed by atoms with Crippen molar-refractivity contribution in [2.24, 2.45) is 5.92 Å². The van der Waals surface area contributed by atoms with Crippen LogP contribution in [0.3, 0.4) is 0 Å². The first-order chi connectivity index (χ1) is 8.54. The Hall–Kier alpha value is -0.610. The zero-order valence-electron chi connectivity index (χ0n) is 11.9. The molecule has 1 rings (SSSR count). The number of nitrogens with one attached hydrogen (secondary N) is 1. The highest BCUT2D eigenvalue weighted by atomic mass is 16.5. The Bertz CT molecular complexity index is 256. The standard InChI is InChI=1S/C14H27NO3/c1-4-14(3,10-16)15-12-8-6-11(7-9-12)13(17)18-5-2/h11-12,15-16H,4-10H2,1-3H3. The Morgan fingerprint density at radius 2 is 1.94 bits per heavy atom. The second kappa shape index (κ2) is 7.10. The Balaban J connectivity index is 2.37. The van der Waals surface area contributed by atoms with Gasteiger partial charge in [0.2, 0.25) is 0 Å². The van der Waals surface area contributed by atoms with E-state index in [-0.39, 0.29) is 24.0 Å². The van der Waals surface area contributed by atoms with Crippen molar-refractivity contribution in [3.63, 3.8) is 0 Å². The van der Waals surface area contributed by atoms with Gasteiger partial charge in [0.1, 0.15) is 0 Å². The first-order valence-corrected chi connectivity index (χ1v) is 7.09. The van der Waals surface area contributed by atoms with E-state index < -0.39 is 0 Å². The fourth-order valence-electron chi connectivity index (χ4n) is 2.49. The minimum Gasteiger partial charge on any atom is -0.466 e. The number of rotatable bonds is 6. The van der Waals surface area contributed by atoms with Gasteiger partial charge in [-0.1, -0.05) is 6.92 Å². The van der Waals surface area contributed by atoms with E-state index in [1.807, 2.05) is 13.8 Å². The maximum absolute atomic E-state index is 11.6. The lowest BCUT2D eigenvalue weighted by Gasteiger charge is -2.36. The number of hydrogen-bond donors (Lipinski definition) is 2. The Morgan fingerprint density at radius 3 is 2.39 bits per heavy atom. The molecular weight excluding hydrogens is 230 g/mol. The molecule has 0 spiro atoms. The van der Waals surface area contributed by atoms with E-state index in [4.69, 9.17) is 4.74 Å². The number of carbonyl (C=O) groups is 1. The first kappa shape index (κ1) is 15.4. The maximum Gasteiger partial charge on any atom is 0.308 e. The summed E-state index contributed by atoms with van der Waals surface area (Å²) in [4.78, 5) is 11.6. The predicted octanol–water partition coefficient (Wildman–Crippen LogP) is 1.86. The van der Waals surface area contributed by atoms with Crippen LogP contribution in [0.25, 0.3) is 0 Å². The van der Waals surface area contributed by atoms with Crippen LogP contribution in [0, 0.1) is 5.92 Å². The van der Waals surface area contributed by atoms with Gasteiger partial charge >= 0.3 is 5.97 Å². The molecule has 106 valence electrons. The zero-order valence-corrected chi connectivity index (χ0v) is 11.9. The van der Waals surface area contributed by atoms with Gasteiger partial charge in [0.25, 0.3) is 0 Å². The van der Waals surface area contributed by atoms with Gasteiger partial charge in [-0.3, -0.25) is 4.79 Å². The highest BCUT2D eigenvalue weighted by Gasteiger charge is 2.31. The quantitative estimate of drug-likeness (QED) is 0.713. The van der Waals surface area contributed by atoms with E-state index >= 15 is 0 Å². The summed E-state index contributed by atoms with van der Waals surface area (Å²) in [5.74, 6) is 0.0290. The first-order valence-electron chi connectivity index (χ1n) is 7.09. The normalized spacial score (nSPS) is 27.6. The van der Waals surface area contributed by atoms with Gasteiger partial charge in [-0.2, -0.15) is 0 Å². The van der Waals surface area contributed by atoms with Crippen molar-refractivity contribution in [2.45, 2.75) is 64.5 Å². The monoisotopic (exact) mass is 257 g/mol. The maximum atomic E-state index is 11.6. The lowest BCUT2D eigenvalue weighted by Crippen LogP contribution is -2.51. The molecule has 1 aliphatic carbocycles. The molecule has 4 heteroatoms. The van der Waals surface area contributed by atoms with Gasteiger partial charge in [-0.15, -0.1) is 0 Å². The van der Waals surface area contributed by atoms with Crippen LogP contribution in [0.5, 0.6) is 0 Å². The fourth-order valence-corrected chi connectivity index (χ4v) is 2.49. The van der Waals surface area contributed by atoms with Crippen molar-refractivity contribution in [3.05, 3.63) is 0 Å². The van der Waals surface area contributed by atoms with E-state index in [9.17, 15) is 9.90 Å². The molecule has 1 atom stereocenters. The average molecular weight is 257 g/mol. The van der Waals surface area contributed by atoms with Gasteiger partial charge in [0, 0.05) is 11.6 Å². The smallest absolute Gasteiger partial charge is 0.308 e. The molecule has 0 amide bonds. The van der Waals surface area contributed by atoms with Crippen LogP contribution in [0.2, 0.25) is 0 Å². The molecule has 1 aliphatic rings. The van der Waals surface area contributed by atoms with Crippen LogP contribution in [0.15, 0.2) is 0 Å². The minimum absolute atomic E-state index is 0.0450. The number of esters is 1. The molecule has 18 heavy (non-hydrogen) atoms. The second-order valence-electron chi connectivity index (χ2n) is 5.52. The summed E-state index contributed by atoms with van der Waals surface area (Å²) < 4.78 is 5.06. The largest absolute Gasteiger partial charge is 0.466 e. The van der Waals surface area contributed by atoms with Gasteiger partial charge in [-0.05, 0) is 46.0 Å². The Morgan fingerprint density at radius 1 is 1.33 bits per heavy atom. The van der Waals surface area contributed by atoms with Crippen LogP contribution in [-0.4, -0.2) is 35.9 Å². The topological polar surface area (TPSA) is 58.6 Å². The Labute approximate surface area is 110 Å². The SMILES string of the molecule is CCOC(=O)C1CCC(NC(C)(CC)CO)CC1. The van der Waals surface area contributed by atoms with Crippen LogP contribution in [0.1, 0.15) is 52.9 Å². The van der Waals surface area contributed by atoms with Gasteiger partial charge in [-0.25, -0.2) is 0 Å². The van der Waals surface area contributed by atoms with Crippen molar-refractivity contribution in [3.8, 4) is 0 Å². The van der Waals surface area contributed by atoms with Crippen molar-refractivity contribution in [1.82, 2.24) is 5.32 Å². The molecule has 4 nitrogen and oxygen atoms in total. The van der Waals surface area contributed by atoms with Crippen molar-refractivity contribution in [1.29, 1.82) is 0 Å². The van der Waals surface area contributed by atoms with E-state index in [1.54, 1.807) is 0 Å². The molecule has 0 heterocycles. The van der Waals surface area contributed by atoms with Crippen molar-refractivity contribution < 1.29 is 14.6 Å². The molecule has 0 aromatic rings. The summed E-state index contributed by atoms with van der Waals surface area (Å²) in [5.41, 5.74) is -0.193. The van der Waals surface area contributed by atoms with Gasteiger partial charge in [0.15, 0.2) is 0 Å². The molecular formula is C14H27NO3. The highest BCUT2D eigenvalue weighted by Crippen LogP contribution is 2.27. The van der Waals surface area contributed by atoms with E-state index in [1.165, 1.54) is 0 Å². The van der Waals surface area contributed by atoms with E-state index in [2.05, 4.69) is 12.2 Å². The molecule has 0 aliphatic heterocycles. The summed E-state index contributed by atoms with van der Waals surface area (Å²) >= 11 is 0. The molecule has 0 aromatic carbocycles. The molecule has 0 bridgehead atoms. The lowest BCUT2D eigenvalue weighted by molar-refractivity contribution is -0.149. The number of carbonyl (C=O) groups excluding carboxylic acids is 1. The highest BCUT2D eigenvalue weighted by molar-refractivity contribution is 5.72. The molecule has 1 unspecified atom stereocenters. The second-order valence-corrected chi connectivity index (χ2v) is 5.52. The Kier molecular flexibility index (Phi) is 6.09. The molecule has 0 saturated heterocycles. The lowest BCUT2D eigenvalue weighted by atomic mass is 9.84. The third-order valence-corrected chi connectivity index (χ3v) is 4.03. The predicted molar refractivity (Wildman–Crippen MR) is 71.3 cm³/mol. The van der Waals surface area contributed by atoms with Crippen LogP contribution in [0.4, 0.5) is 0 Å². The van der Waals surface area contributed by atoms with Crippen molar-refractivity contribution >= 4 is 5.97 Å². The van der Waals surface area contributed by atoms with Crippen LogP contribution in [-0.2, 0) is 9.53 Å². The average Bonchev–Trinajstić information content (AvgIpc) is 2.39. The number of aliphatic hydroxyl groups excluding tert-OH is 1. The number of hydrogen-bond acceptors (Lipinski definition) is 4. The molecule has 0 radical (unpaired) electrons. The molecule has 2 N–H and O–H groups in total. The van der Waals surface area contributed by atoms with E-state index in [0.29, 0.717) is 12.6 Å². The van der Waals surface area contributed by atoms with Gasteiger partial charge < -0.3 is 15.2 Å². The molecule has 1 saturated carbocycles. The third kappa shape index (κ3) is 4.25. The zero-order chi connectivity index (χ0) is 13.6. The number of aliphatic hydroxyl groups is 1. The minimum atomic E-state index is -0.193.